The lowest BCUT2D eigenvalue weighted by Crippen LogP contribution is -2.09. The van der Waals surface area contributed by atoms with Gasteiger partial charge in [0.25, 0.3) is 0 Å². The van der Waals surface area contributed by atoms with Gasteiger partial charge in [0.1, 0.15) is 0 Å². The Morgan fingerprint density at radius 3 is 2.67 bits per heavy atom. The first-order valence-corrected chi connectivity index (χ1v) is 7.86. The second kappa shape index (κ2) is 7.07. The van der Waals surface area contributed by atoms with Crippen LogP contribution < -0.4 is 0 Å². The molecular weight excluding hydrogens is 308 g/mol. The molecule has 3 heteroatoms. The molecule has 0 saturated carbocycles. The normalized spacial score (nSPS) is 12.6. The van der Waals surface area contributed by atoms with Gasteiger partial charge in [0.2, 0.25) is 0 Å². The molecule has 18 heavy (non-hydrogen) atoms. The fourth-order valence-corrected chi connectivity index (χ4v) is 3.51. The van der Waals surface area contributed by atoms with Crippen LogP contribution >= 0.6 is 27.3 Å². The summed E-state index contributed by atoms with van der Waals surface area (Å²) < 4.78 is 1.11. The monoisotopic (exact) mass is 324 g/mol. The van der Waals surface area contributed by atoms with Crippen LogP contribution in [-0.2, 0) is 12.8 Å². The predicted molar refractivity (Wildman–Crippen MR) is 81.1 cm³/mol. The van der Waals surface area contributed by atoms with Gasteiger partial charge in [0.05, 0.1) is 6.10 Å². The van der Waals surface area contributed by atoms with E-state index in [0.717, 1.165) is 30.2 Å². The van der Waals surface area contributed by atoms with Crippen molar-refractivity contribution in [3.8, 4) is 0 Å². The maximum Gasteiger partial charge on any atom is 0.0588 e. The molecule has 1 atom stereocenters. The predicted octanol–water partition coefficient (Wildman–Crippen LogP) is 4.44. The van der Waals surface area contributed by atoms with Crippen molar-refractivity contribution in [2.75, 3.05) is 0 Å². The van der Waals surface area contributed by atoms with Crippen molar-refractivity contribution in [3.63, 3.8) is 0 Å². The lowest BCUT2D eigenvalue weighted by atomic mass is 10.0. The van der Waals surface area contributed by atoms with E-state index >= 15 is 0 Å². The summed E-state index contributed by atoms with van der Waals surface area (Å²) in [5.74, 6) is 0. The molecule has 2 aromatic rings. The van der Waals surface area contributed by atoms with Crippen molar-refractivity contribution in [2.45, 2.75) is 31.8 Å². The number of halogens is 1. The smallest absolute Gasteiger partial charge is 0.0588 e. The van der Waals surface area contributed by atoms with Gasteiger partial charge in [-0.3, -0.25) is 0 Å². The Labute approximate surface area is 121 Å². The van der Waals surface area contributed by atoms with Gasteiger partial charge in [-0.2, -0.15) is 0 Å². The molecule has 1 N–H and O–H groups in total. The number of aryl methyl sites for hydroxylation is 1. The number of hydrogen-bond donors (Lipinski definition) is 1. The van der Waals surface area contributed by atoms with E-state index < -0.39 is 0 Å². The van der Waals surface area contributed by atoms with Crippen molar-refractivity contribution in [2.24, 2.45) is 0 Å². The van der Waals surface area contributed by atoms with E-state index in [1.807, 2.05) is 6.07 Å². The molecule has 96 valence electrons. The second-order valence-electron chi connectivity index (χ2n) is 4.47. The van der Waals surface area contributed by atoms with Crippen LogP contribution in [0.25, 0.3) is 0 Å². The van der Waals surface area contributed by atoms with E-state index in [0.29, 0.717) is 0 Å². The quantitative estimate of drug-likeness (QED) is 0.833. The molecular formula is C15H17BrOS. The Hall–Kier alpha value is -0.640. The Morgan fingerprint density at radius 2 is 2.00 bits per heavy atom. The summed E-state index contributed by atoms with van der Waals surface area (Å²) in [5, 5.41) is 12.0. The molecule has 0 fully saturated rings. The van der Waals surface area contributed by atoms with E-state index in [1.165, 1.54) is 10.4 Å². The van der Waals surface area contributed by atoms with E-state index in [2.05, 4.69) is 51.6 Å². The minimum atomic E-state index is -0.223. The largest absolute Gasteiger partial charge is 0.393 e. The lowest BCUT2D eigenvalue weighted by molar-refractivity contribution is 0.163. The van der Waals surface area contributed by atoms with Gasteiger partial charge in [0.15, 0.2) is 0 Å². The summed E-state index contributed by atoms with van der Waals surface area (Å²) in [7, 11) is 0. The SMILES string of the molecule is OC(CCCc1ccccc1)Cc1cc(Br)cs1. The van der Waals surface area contributed by atoms with Crippen LogP contribution in [0.15, 0.2) is 46.3 Å². The third-order valence-electron chi connectivity index (χ3n) is 2.90. The lowest BCUT2D eigenvalue weighted by Gasteiger charge is -2.09. The zero-order chi connectivity index (χ0) is 12.8. The third kappa shape index (κ3) is 4.56. The summed E-state index contributed by atoms with van der Waals surface area (Å²) >= 11 is 5.13. The molecule has 1 aromatic carbocycles. The van der Waals surface area contributed by atoms with Gasteiger partial charge in [0, 0.05) is 21.2 Å². The Morgan fingerprint density at radius 1 is 1.22 bits per heavy atom. The zero-order valence-corrected chi connectivity index (χ0v) is 12.6. The maximum absolute atomic E-state index is 9.98. The van der Waals surface area contributed by atoms with Crippen molar-refractivity contribution in [1.29, 1.82) is 0 Å². The summed E-state index contributed by atoms with van der Waals surface area (Å²) in [6, 6.07) is 12.5. The van der Waals surface area contributed by atoms with Crippen LogP contribution in [0.5, 0.6) is 0 Å². The number of thiophene rings is 1. The first-order chi connectivity index (χ1) is 8.74. The van der Waals surface area contributed by atoms with Crippen molar-refractivity contribution in [3.05, 3.63) is 56.7 Å². The maximum atomic E-state index is 9.98. The molecule has 1 nitrogen and oxygen atoms in total. The van der Waals surface area contributed by atoms with Gasteiger partial charge in [-0.1, -0.05) is 30.3 Å². The fourth-order valence-electron chi connectivity index (χ4n) is 1.98. The molecule has 1 unspecified atom stereocenters. The molecule has 0 saturated heterocycles. The number of hydrogen-bond acceptors (Lipinski definition) is 2. The third-order valence-corrected chi connectivity index (χ3v) is 4.62. The van der Waals surface area contributed by atoms with Crippen molar-refractivity contribution < 1.29 is 5.11 Å². The zero-order valence-electron chi connectivity index (χ0n) is 10.2. The van der Waals surface area contributed by atoms with E-state index in [9.17, 15) is 5.11 Å². The van der Waals surface area contributed by atoms with Gasteiger partial charge in [-0.25, -0.2) is 0 Å². The van der Waals surface area contributed by atoms with Crippen molar-refractivity contribution >= 4 is 27.3 Å². The van der Waals surface area contributed by atoms with Crippen LogP contribution in [0.1, 0.15) is 23.3 Å². The van der Waals surface area contributed by atoms with Crippen molar-refractivity contribution in [1.82, 2.24) is 0 Å². The molecule has 0 radical (unpaired) electrons. The second-order valence-corrected chi connectivity index (χ2v) is 6.38. The summed E-state index contributed by atoms with van der Waals surface area (Å²) in [6.45, 7) is 0. The van der Waals surface area contributed by atoms with Crippen LogP contribution in [0.3, 0.4) is 0 Å². The minimum absolute atomic E-state index is 0.223. The summed E-state index contributed by atoms with van der Waals surface area (Å²) in [4.78, 5) is 1.24. The average molecular weight is 325 g/mol. The topological polar surface area (TPSA) is 20.2 Å². The Balaban J connectivity index is 1.70. The highest BCUT2D eigenvalue weighted by molar-refractivity contribution is 9.10. The number of benzene rings is 1. The molecule has 1 heterocycles. The highest BCUT2D eigenvalue weighted by atomic mass is 79.9. The van der Waals surface area contributed by atoms with Crippen LogP contribution in [-0.4, -0.2) is 11.2 Å². The summed E-state index contributed by atoms with van der Waals surface area (Å²) in [6.07, 6.45) is 3.50. The van der Waals surface area contributed by atoms with Gasteiger partial charge < -0.3 is 5.11 Å². The molecule has 0 spiro atoms. The average Bonchev–Trinajstić information content (AvgIpc) is 2.76. The molecule has 0 aliphatic carbocycles. The first kappa shape index (κ1) is 13.8. The molecule has 2 rings (SSSR count). The molecule has 0 bridgehead atoms. The van der Waals surface area contributed by atoms with E-state index in [-0.39, 0.29) is 6.10 Å². The molecule has 0 aliphatic rings. The number of rotatable bonds is 6. The van der Waals surface area contributed by atoms with Crippen LogP contribution in [0.2, 0.25) is 0 Å². The van der Waals surface area contributed by atoms with Gasteiger partial charge in [-0.05, 0) is 46.8 Å². The van der Waals surface area contributed by atoms with Gasteiger partial charge >= 0.3 is 0 Å². The van der Waals surface area contributed by atoms with E-state index in [1.54, 1.807) is 11.3 Å². The highest BCUT2D eigenvalue weighted by Crippen LogP contribution is 2.22. The first-order valence-electron chi connectivity index (χ1n) is 6.19. The summed E-state index contributed by atoms with van der Waals surface area (Å²) in [5.41, 5.74) is 1.35. The highest BCUT2D eigenvalue weighted by Gasteiger charge is 2.07. The number of aliphatic hydroxyl groups is 1. The van der Waals surface area contributed by atoms with Crippen LogP contribution in [0.4, 0.5) is 0 Å². The fraction of sp³-hybridized carbons (Fsp3) is 0.333. The number of aliphatic hydroxyl groups excluding tert-OH is 1. The molecule has 0 amide bonds. The Bertz CT molecular complexity index is 466. The Kier molecular flexibility index (Phi) is 5.42. The standard InChI is InChI=1S/C15H17BrOS/c16-13-9-15(18-11-13)10-14(17)8-4-7-12-5-2-1-3-6-12/h1-3,5-6,9,11,14,17H,4,7-8,10H2. The molecule has 0 aliphatic heterocycles. The minimum Gasteiger partial charge on any atom is -0.393 e. The van der Waals surface area contributed by atoms with Crippen LogP contribution in [0, 0.1) is 0 Å². The molecule has 1 aromatic heterocycles. The van der Waals surface area contributed by atoms with E-state index in [4.69, 9.17) is 0 Å². The van der Waals surface area contributed by atoms with Gasteiger partial charge in [-0.15, -0.1) is 11.3 Å².